The van der Waals surface area contributed by atoms with E-state index in [1.165, 1.54) is 65.2 Å². The van der Waals surface area contributed by atoms with Gasteiger partial charge in [0.1, 0.15) is 23.9 Å². The Morgan fingerprint density at radius 3 is 1.76 bits per heavy atom. The molecule has 2 saturated heterocycles. The normalized spacial score (nSPS) is 31.1. The summed E-state index contributed by atoms with van der Waals surface area (Å²) in [6, 6.07) is 26.7. The largest absolute Gasteiger partial charge is 0.388 e. The van der Waals surface area contributed by atoms with Crippen molar-refractivity contribution in [1.82, 2.24) is 9.80 Å². The van der Waals surface area contributed by atoms with Crippen LogP contribution < -0.4 is 15.9 Å². The van der Waals surface area contributed by atoms with E-state index in [0.717, 1.165) is 31.8 Å². The zero-order valence-electron chi connectivity index (χ0n) is 47.8. The van der Waals surface area contributed by atoms with Crippen LogP contribution in [0.5, 0.6) is 0 Å². The van der Waals surface area contributed by atoms with E-state index in [4.69, 9.17) is 14.2 Å². The molecule has 5 rings (SSSR count). The number of aliphatic hydroxyl groups is 4. The third-order valence-corrected chi connectivity index (χ3v) is 21.7. The van der Waals surface area contributed by atoms with Crippen molar-refractivity contribution in [1.29, 1.82) is 0 Å². The maximum absolute atomic E-state index is 14.4. The molecule has 11 nitrogen and oxygen atoms in total. The van der Waals surface area contributed by atoms with Crippen molar-refractivity contribution < 1.29 is 44.2 Å². The Balaban J connectivity index is 1.21. The van der Waals surface area contributed by atoms with Crippen molar-refractivity contribution in [2.75, 3.05) is 26.8 Å². The molecular weight excluding hydrogens is 948 g/mol. The average Bonchev–Trinajstić information content (AvgIpc) is 3.34. The topological polar surface area (TPSA) is 149 Å². The quantitative estimate of drug-likeness (QED) is 0.0520. The molecule has 2 fully saturated rings. The third kappa shape index (κ3) is 15.9. The molecule has 2 heterocycles. The van der Waals surface area contributed by atoms with Crippen LogP contribution in [0.25, 0.3) is 0 Å². The van der Waals surface area contributed by atoms with Gasteiger partial charge >= 0.3 is 216 Å². The van der Waals surface area contributed by atoms with Gasteiger partial charge in [-0.1, -0.05) is 27.7 Å². The SMILES string of the molecule is CC[C@H]1OC(=O)[C@H](C)C[C@H](C)[C@@H](O[C@@H]2O[C@H](C)C[C@H](N(C)C)[C@H]2O)[C@](C)(O)C[C@@H](C)CN(C(=O)CCCCCCCCCCC[PH](c2cccc(C)c2)(c2cccc(C)c2)c2cccc(C)c2)[C@H](C)[C@@H](O)[C@]1(C)O. The molecule has 12 heteroatoms. The maximum atomic E-state index is 14.4. The van der Waals surface area contributed by atoms with E-state index in [2.05, 4.69) is 93.6 Å². The average molecular weight is 1050 g/mol. The first-order valence-electron chi connectivity index (χ1n) is 28.4. The van der Waals surface area contributed by atoms with Gasteiger partial charge in [0.05, 0.1) is 29.8 Å². The molecule has 0 aromatic heterocycles. The van der Waals surface area contributed by atoms with Gasteiger partial charge in [0, 0.05) is 12.6 Å². The third-order valence-electron chi connectivity index (χ3n) is 16.7. The van der Waals surface area contributed by atoms with Gasteiger partial charge in [-0.3, -0.25) is 9.59 Å². The summed E-state index contributed by atoms with van der Waals surface area (Å²) in [7, 11) is 1.51. The molecule has 0 bridgehead atoms. The number of unbranched alkanes of at least 4 members (excludes halogenated alkanes) is 8. The molecule has 416 valence electrons. The van der Waals surface area contributed by atoms with Crippen LogP contribution in [0, 0.1) is 38.5 Å². The second-order valence-electron chi connectivity index (χ2n) is 23.9. The van der Waals surface area contributed by atoms with Crippen molar-refractivity contribution in [2.45, 2.75) is 226 Å². The number of likely N-dealkylation sites (N-methyl/N-ethyl adjacent to an activating group) is 1. The van der Waals surface area contributed by atoms with Gasteiger partial charge in [-0.05, 0) is 79.3 Å². The fraction of sp³-hybridized carbons (Fsp3) is 0.677. The molecule has 4 N–H and O–H groups in total. The molecule has 74 heavy (non-hydrogen) atoms. The number of benzene rings is 3. The van der Waals surface area contributed by atoms with E-state index < -0.39 is 73.0 Å². The molecular formula is C62H99N2O9P. The van der Waals surface area contributed by atoms with E-state index in [1.807, 2.05) is 39.8 Å². The second kappa shape index (κ2) is 27.9. The number of carbonyl (C=O) groups is 2. The fourth-order valence-electron chi connectivity index (χ4n) is 12.6. The predicted molar refractivity (Wildman–Crippen MR) is 304 cm³/mol. The van der Waals surface area contributed by atoms with Crippen LogP contribution in [-0.2, 0) is 23.8 Å². The summed E-state index contributed by atoms with van der Waals surface area (Å²) in [6.07, 6.45) is 6.88. The number of esters is 1. The number of nitrogens with zero attached hydrogens (tertiary/aromatic N) is 2. The van der Waals surface area contributed by atoms with Gasteiger partial charge in [0.15, 0.2) is 6.29 Å². The van der Waals surface area contributed by atoms with Crippen LogP contribution in [0.3, 0.4) is 0 Å². The van der Waals surface area contributed by atoms with Crippen molar-refractivity contribution in [3.63, 3.8) is 0 Å². The first kappa shape index (κ1) is 61.6. The number of aryl methyl sites for hydroxylation is 3. The monoisotopic (exact) mass is 1050 g/mol. The summed E-state index contributed by atoms with van der Waals surface area (Å²) in [5, 5.41) is 52.3. The maximum Gasteiger partial charge on any atom is 0.126 e. The van der Waals surface area contributed by atoms with Gasteiger partial charge in [-0.2, -0.15) is 0 Å². The molecule has 0 unspecified atom stereocenters. The molecule has 1 amide bonds. The van der Waals surface area contributed by atoms with Gasteiger partial charge in [0.25, 0.3) is 0 Å². The number of hydrogen-bond acceptors (Lipinski definition) is 10. The van der Waals surface area contributed by atoms with Gasteiger partial charge < -0.3 is 44.4 Å². The Morgan fingerprint density at radius 1 is 0.770 bits per heavy atom. The second-order valence-corrected chi connectivity index (χ2v) is 27.9. The molecule has 3 aromatic carbocycles. The number of hydrogen-bond donors (Lipinski definition) is 4. The van der Waals surface area contributed by atoms with E-state index in [9.17, 15) is 30.0 Å². The van der Waals surface area contributed by atoms with Crippen molar-refractivity contribution in [3.8, 4) is 0 Å². The van der Waals surface area contributed by atoms with E-state index in [1.54, 1.807) is 32.6 Å². The van der Waals surface area contributed by atoms with Gasteiger partial charge in [-0.25, -0.2) is 0 Å². The van der Waals surface area contributed by atoms with Crippen molar-refractivity contribution >= 4 is 35.1 Å². The minimum Gasteiger partial charge on any atom is -0.388 e. The molecule has 0 saturated carbocycles. The molecule has 0 aliphatic carbocycles. The van der Waals surface area contributed by atoms with Crippen LogP contribution in [0.4, 0.5) is 0 Å². The first-order valence-corrected chi connectivity index (χ1v) is 30.6. The minimum absolute atomic E-state index is 0.132. The first-order chi connectivity index (χ1) is 34.9. The van der Waals surface area contributed by atoms with Crippen molar-refractivity contribution in [3.05, 3.63) is 89.5 Å². The predicted octanol–water partition coefficient (Wildman–Crippen LogP) is 9.45. The Morgan fingerprint density at radius 2 is 1.27 bits per heavy atom. The number of aliphatic hydroxyl groups excluding tert-OH is 2. The summed E-state index contributed by atoms with van der Waals surface area (Å²) in [5.41, 5.74) is 0.565. The van der Waals surface area contributed by atoms with E-state index in [0.29, 0.717) is 12.8 Å². The van der Waals surface area contributed by atoms with E-state index in [-0.39, 0.29) is 56.2 Å². The number of carbonyl (C=O) groups excluding carboxylic acids is 2. The summed E-state index contributed by atoms with van der Waals surface area (Å²) < 4.78 is 18.8. The smallest absolute Gasteiger partial charge is 0.126 e. The van der Waals surface area contributed by atoms with Crippen LogP contribution in [0.2, 0.25) is 0 Å². The molecule has 2 aliphatic rings. The Bertz CT molecular complexity index is 2110. The van der Waals surface area contributed by atoms with E-state index >= 15 is 0 Å². The van der Waals surface area contributed by atoms with Crippen molar-refractivity contribution in [2.24, 2.45) is 17.8 Å². The zero-order valence-corrected chi connectivity index (χ0v) is 48.8. The summed E-state index contributed by atoms with van der Waals surface area (Å²) >= 11 is 0. The van der Waals surface area contributed by atoms with Crippen LogP contribution >= 0.6 is 7.26 Å². The molecule has 13 atom stereocenters. The molecule has 3 aromatic rings. The fourth-order valence-corrected chi connectivity index (χ4v) is 17.8. The minimum atomic E-state index is -2.31. The molecule has 2 aliphatic heterocycles. The zero-order chi connectivity index (χ0) is 54.5. The summed E-state index contributed by atoms with van der Waals surface area (Å²) in [6.45, 7) is 21.2. The number of amides is 1. The molecule has 0 radical (unpaired) electrons. The Hall–Kier alpha value is -3.25. The number of ether oxygens (including phenoxy) is 3. The van der Waals surface area contributed by atoms with Gasteiger partial charge in [-0.15, -0.1) is 0 Å². The Kier molecular flexibility index (Phi) is 23.2. The van der Waals surface area contributed by atoms with Crippen LogP contribution in [0.1, 0.15) is 162 Å². The van der Waals surface area contributed by atoms with Gasteiger partial charge in [0.2, 0.25) is 0 Å². The van der Waals surface area contributed by atoms with Crippen LogP contribution in [0.15, 0.2) is 72.8 Å². The number of rotatable bonds is 19. The number of cyclic esters (lactones) is 1. The standard InChI is InChI=1S/C62H99N2O9P/c1-14-54-62(11,70)57(67)49(9)64(41-45(5)40-61(10,69)58(46(6)38-47(7)59(68)72-54)73-60-56(66)53(63(12)13)39-48(8)71-60)55(65)33-22-20-18-16-15-17-19-21-23-34-74(50-30-24-27-42(2)35-50,51-31-25-28-43(3)36-51)52-32-26-29-44(4)37-52/h24-32,35-37,45-49,53-54,56-58,60,66-67,69-70,74H,14-23,33-34,38-41H2,1-13H3/t45-,46+,47-,48-,49-,53+,54-,56-,57-,58-,60+,61-,62-/m1/s1. The van der Waals surface area contributed by atoms with Crippen LogP contribution in [-0.4, -0.2) is 129 Å². The molecule has 0 spiro atoms. The Labute approximate surface area is 447 Å². The summed E-state index contributed by atoms with van der Waals surface area (Å²) in [5.74, 6) is -1.99. The summed E-state index contributed by atoms with van der Waals surface area (Å²) in [4.78, 5) is 31.8.